The molecule has 0 spiro atoms. The van der Waals surface area contributed by atoms with E-state index in [0.717, 1.165) is 5.56 Å². The molecule has 0 unspecified atom stereocenters. The second-order valence-corrected chi connectivity index (χ2v) is 7.95. The number of hydrogen-bond acceptors (Lipinski definition) is 5. The third-order valence-corrected chi connectivity index (χ3v) is 3.99. The van der Waals surface area contributed by atoms with Gasteiger partial charge in [0, 0.05) is 22.4 Å². The molecule has 5 N–H and O–H groups in total. The summed E-state index contributed by atoms with van der Waals surface area (Å²) in [6, 6.07) is 12.1. The van der Waals surface area contributed by atoms with Gasteiger partial charge in [0.2, 0.25) is 0 Å². The van der Waals surface area contributed by atoms with Gasteiger partial charge in [-0.1, -0.05) is 11.8 Å². The fourth-order valence-corrected chi connectivity index (χ4v) is 2.42. The number of nitrogens with one attached hydrogen (secondary N) is 2. The normalized spacial score (nSPS) is 11.0. The van der Waals surface area contributed by atoms with Crippen molar-refractivity contribution in [1.82, 2.24) is 10.6 Å². The molecule has 2 aromatic rings. The number of carboxylic acid groups (broad SMARTS) is 1. The zero-order chi connectivity index (χ0) is 24.4. The highest BCUT2D eigenvalue weighted by Gasteiger charge is 2.23. The summed E-state index contributed by atoms with van der Waals surface area (Å²) < 4.78 is 5.06. The molecule has 0 fully saturated rings. The second kappa shape index (κ2) is 11.3. The van der Waals surface area contributed by atoms with Crippen LogP contribution in [0, 0.1) is 23.7 Å². The first-order valence-electron chi connectivity index (χ1n) is 10.0. The van der Waals surface area contributed by atoms with E-state index in [1.54, 1.807) is 57.2 Å². The number of aliphatic carboxylic acids is 1. The lowest BCUT2D eigenvalue weighted by Crippen LogP contribution is -2.49. The molecule has 0 aliphatic rings. The van der Waals surface area contributed by atoms with Gasteiger partial charge in [-0.25, -0.2) is 9.59 Å². The molecule has 0 aromatic heterocycles. The van der Waals surface area contributed by atoms with Crippen LogP contribution in [0.4, 0.5) is 10.5 Å². The van der Waals surface area contributed by atoms with E-state index in [4.69, 9.17) is 10.5 Å². The Bertz CT molecular complexity index is 1130. The van der Waals surface area contributed by atoms with Gasteiger partial charge in [0.1, 0.15) is 11.6 Å². The molecule has 1 atom stereocenters. The summed E-state index contributed by atoms with van der Waals surface area (Å²) in [6.07, 6.45) is -0.773. The van der Waals surface area contributed by atoms with Crippen molar-refractivity contribution in [3.05, 3.63) is 65.2 Å². The Kier molecular flexibility index (Phi) is 8.48. The second-order valence-electron chi connectivity index (χ2n) is 7.95. The SMILES string of the molecule is CC(C)(C)OC(=O)NC[C@H](NC(=O)c1ccc(C#CC#Cc2ccc(N)cc2)cc1)C(=O)O. The summed E-state index contributed by atoms with van der Waals surface area (Å²) >= 11 is 0. The van der Waals surface area contributed by atoms with E-state index in [2.05, 4.69) is 34.3 Å². The zero-order valence-corrected chi connectivity index (χ0v) is 18.6. The Morgan fingerprint density at radius 1 is 0.970 bits per heavy atom. The maximum Gasteiger partial charge on any atom is 0.407 e. The quantitative estimate of drug-likeness (QED) is 0.411. The number of carboxylic acids is 1. The molecule has 8 nitrogen and oxygen atoms in total. The molecule has 0 aliphatic heterocycles. The number of nitrogen functional groups attached to an aromatic ring is 1. The lowest BCUT2D eigenvalue weighted by molar-refractivity contribution is -0.139. The van der Waals surface area contributed by atoms with Gasteiger partial charge in [0.25, 0.3) is 5.91 Å². The Hall–Kier alpha value is -4.43. The van der Waals surface area contributed by atoms with Gasteiger partial charge >= 0.3 is 12.1 Å². The molecule has 2 rings (SSSR count). The van der Waals surface area contributed by atoms with Gasteiger partial charge in [-0.3, -0.25) is 4.79 Å². The predicted octanol–water partition coefficient (Wildman–Crippen LogP) is 2.38. The predicted molar refractivity (Wildman–Crippen MR) is 124 cm³/mol. The minimum Gasteiger partial charge on any atom is -0.480 e. The maximum atomic E-state index is 12.4. The van der Waals surface area contributed by atoms with Crippen LogP contribution in [0.2, 0.25) is 0 Å². The van der Waals surface area contributed by atoms with Crippen LogP contribution in [0.5, 0.6) is 0 Å². The average molecular weight is 447 g/mol. The molecule has 33 heavy (non-hydrogen) atoms. The first-order chi connectivity index (χ1) is 15.5. The largest absolute Gasteiger partial charge is 0.480 e. The lowest BCUT2D eigenvalue weighted by Gasteiger charge is -2.21. The summed E-state index contributed by atoms with van der Waals surface area (Å²) in [5, 5.41) is 14.0. The molecule has 0 aliphatic carbocycles. The number of ether oxygens (including phenoxy) is 1. The van der Waals surface area contributed by atoms with Crippen LogP contribution in [-0.4, -0.2) is 41.3 Å². The number of carbonyl (C=O) groups is 3. The molecule has 2 aromatic carbocycles. The third-order valence-electron chi connectivity index (χ3n) is 3.99. The van der Waals surface area contributed by atoms with Crippen molar-refractivity contribution in [2.75, 3.05) is 12.3 Å². The first kappa shape index (κ1) is 24.8. The third kappa shape index (κ3) is 9.07. The van der Waals surface area contributed by atoms with Crippen molar-refractivity contribution in [3.8, 4) is 23.7 Å². The highest BCUT2D eigenvalue weighted by molar-refractivity contribution is 5.96. The Labute approximate surface area is 192 Å². The molecule has 0 radical (unpaired) electrons. The van der Waals surface area contributed by atoms with Crippen LogP contribution in [0.1, 0.15) is 42.3 Å². The number of carbonyl (C=O) groups excluding carboxylic acids is 2. The van der Waals surface area contributed by atoms with Gasteiger partial charge in [0.05, 0.1) is 6.54 Å². The van der Waals surface area contributed by atoms with E-state index in [-0.39, 0.29) is 12.1 Å². The van der Waals surface area contributed by atoms with Crippen LogP contribution in [0.15, 0.2) is 48.5 Å². The van der Waals surface area contributed by atoms with Gasteiger partial charge in [-0.15, -0.1) is 0 Å². The van der Waals surface area contributed by atoms with Gasteiger partial charge in [0.15, 0.2) is 0 Å². The number of amides is 2. The average Bonchev–Trinajstić information content (AvgIpc) is 2.74. The van der Waals surface area contributed by atoms with Crippen LogP contribution in [0.25, 0.3) is 0 Å². The zero-order valence-electron chi connectivity index (χ0n) is 18.6. The van der Waals surface area contributed by atoms with Crippen LogP contribution >= 0.6 is 0 Å². The number of nitrogens with two attached hydrogens (primary N) is 1. The Morgan fingerprint density at radius 3 is 1.97 bits per heavy atom. The van der Waals surface area contributed by atoms with Gasteiger partial charge in [-0.05, 0) is 81.1 Å². The minimum atomic E-state index is -1.33. The summed E-state index contributed by atoms with van der Waals surface area (Å²) in [5.74, 6) is 9.35. The van der Waals surface area contributed by atoms with E-state index >= 15 is 0 Å². The highest BCUT2D eigenvalue weighted by Crippen LogP contribution is 2.07. The van der Waals surface area contributed by atoms with Gasteiger partial charge < -0.3 is 26.2 Å². The summed E-state index contributed by atoms with van der Waals surface area (Å²) in [5.41, 5.74) is 7.23. The molecular weight excluding hydrogens is 422 g/mol. The Morgan fingerprint density at radius 2 is 1.48 bits per heavy atom. The standard InChI is InChI=1S/C25H25N3O5/c1-25(2,3)33-24(32)27-16-21(23(30)31)28-22(29)19-12-8-17(9-13-19)6-4-5-7-18-10-14-20(26)15-11-18/h8-15,21H,16,26H2,1-3H3,(H,27,32)(H,28,29)(H,30,31)/t21-/m0/s1. The minimum absolute atomic E-state index is 0.247. The summed E-state index contributed by atoms with van der Waals surface area (Å²) in [4.78, 5) is 35.6. The molecular formula is C25H25N3O5. The summed E-state index contributed by atoms with van der Waals surface area (Å²) in [7, 11) is 0. The monoisotopic (exact) mass is 447 g/mol. The molecule has 170 valence electrons. The van der Waals surface area contributed by atoms with E-state index in [1.165, 1.54) is 12.1 Å². The van der Waals surface area contributed by atoms with Crippen molar-refractivity contribution in [2.45, 2.75) is 32.4 Å². The number of alkyl carbamates (subject to hydrolysis) is 1. The molecule has 0 saturated heterocycles. The molecule has 0 bridgehead atoms. The van der Waals surface area contributed by atoms with E-state index < -0.39 is 29.6 Å². The number of benzene rings is 2. The Balaban J connectivity index is 1.95. The number of rotatable bonds is 5. The fourth-order valence-electron chi connectivity index (χ4n) is 2.42. The number of anilines is 1. The smallest absolute Gasteiger partial charge is 0.407 e. The van der Waals surface area contributed by atoms with Crippen molar-refractivity contribution in [2.24, 2.45) is 0 Å². The van der Waals surface area contributed by atoms with Crippen molar-refractivity contribution in [1.29, 1.82) is 0 Å². The molecule has 2 amide bonds. The first-order valence-corrected chi connectivity index (χ1v) is 10.0. The van der Waals surface area contributed by atoms with Crippen LogP contribution in [-0.2, 0) is 9.53 Å². The van der Waals surface area contributed by atoms with Crippen LogP contribution < -0.4 is 16.4 Å². The molecule has 8 heteroatoms. The van der Waals surface area contributed by atoms with E-state index in [9.17, 15) is 19.5 Å². The molecule has 0 heterocycles. The lowest BCUT2D eigenvalue weighted by atomic mass is 10.1. The van der Waals surface area contributed by atoms with Crippen molar-refractivity contribution >= 4 is 23.7 Å². The number of hydrogen-bond donors (Lipinski definition) is 4. The van der Waals surface area contributed by atoms with Crippen molar-refractivity contribution in [3.63, 3.8) is 0 Å². The van der Waals surface area contributed by atoms with Gasteiger partial charge in [-0.2, -0.15) is 0 Å². The summed E-state index contributed by atoms with van der Waals surface area (Å²) in [6.45, 7) is 4.73. The fraction of sp³-hybridized carbons (Fsp3) is 0.240. The topological polar surface area (TPSA) is 131 Å². The van der Waals surface area contributed by atoms with Crippen LogP contribution in [0.3, 0.4) is 0 Å². The van der Waals surface area contributed by atoms with Crippen molar-refractivity contribution < 1.29 is 24.2 Å². The highest BCUT2D eigenvalue weighted by atomic mass is 16.6. The molecule has 0 saturated carbocycles. The van der Waals surface area contributed by atoms with E-state index in [0.29, 0.717) is 11.3 Å². The van der Waals surface area contributed by atoms with E-state index in [1.807, 2.05) is 0 Å². The maximum absolute atomic E-state index is 12.4.